The van der Waals surface area contributed by atoms with Gasteiger partial charge >= 0.3 is 0 Å². The molecule has 1 amide bonds. The van der Waals surface area contributed by atoms with Gasteiger partial charge in [-0.1, -0.05) is 42.4 Å². The molecule has 6 heteroatoms. The fourth-order valence-corrected chi connectivity index (χ4v) is 3.03. The van der Waals surface area contributed by atoms with Crippen molar-refractivity contribution >= 4 is 5.91 Å². The second-order valence-corrected chi connectivity index (χ2v) is 6.26. The molecule has 1 saturated heterocycles. The van der Waals surface area contributed by atoms with Gasteiger partial charge in [0.05, 0.1) is 25.2 Å². The molecular weight excluding hydrogens is 306 g/mol. The third-order valence-corrected chi connectivity index (χ3v) is 4.28. The molecule has 1 fully saturated rings. The average molecular weight is 329 g/mol. The zero-order valence-corrected chi connectivity index (χ0v) is 14.1. The third-order valence-electron chi connectivity index (χ3n) is 4.28. The van der Waals surface area contributed by atoms with Crippen molar-refractivity contribution in [2.24, 2.45) is 5.92 Å². The van der Waals surface area contributed by atoms with Gasteiger partial charge in [-0.2, -0.15) is 4.98 Å². The van der Waals surface area contributed by atoms with Gasteiger partial charge in [-0.15, -0.1) is 0 Å². The van der Waals surface area contributed by atoms with Gasteiger partial charge in [0.2, 0.25) is 11.8 Å². The zero-order chi connectivity index (χ0) is 16.9. The Balaban J connectivity index is 1.54. The van der Waals surface area contributed by atoms with Gasteiger partial charge in [-0.25, -0.2) is 0 Å². The van der Waals surface area contributed by atoms with Crippen molar-refractivity contribution in [3.63, 3.8) is 0 Å². The number of carbonyl (C=O) groups is 1. The summed E-state index contributed by atoms with van der Waals surface area (Å²) in [5, 5.41) is 3.98. The molecule has 2 heterocycles. The summed E-state index contributed by atoms with van der Waals surface area (Å²) < 4.78 is 10.8. The van der Waals surface area contributed by atoms with Crippen molar-refractivity contribution in [1.29, 1.82) is 0 Å². The van der Waals surface area contributed by atoms with Crippen molar-refractivity contribution in [1.82, 2.24) is 15.0 Å². The molecule has 2 unspecified atom stereocenters. The average Bonchev–Trinajstić information content (AvgIpc) is 3.23. The summed E-state index contributed by atoms with van der Waals surface area (Å²) in [6.07, 6.45) is 1.84. The largest absolute Gasteiger partial charge is 0.376 e. The highest BCUT2D eigenvalue weighted by molar-refractivity contribution is 5.79. The minimum absolute atomic E-state index is 0.0773. The molecular formula is C18H23N3O3. The molecule has 6 nitrogen and oxygen atoms in total. The number of amides is 1. The van der Waals surface area contributed by atoms with Gasteiger partial charge in [0.25, 0.3) is 0 Å². The fourth-order valence-electron chi connectivity index (χ4n) is 3.03. The molecule has 0 saturated carbocycles. The van der Waals surface area contributed by atoms with E-state index in [9.17, 15) is 4.79 Å². The maximum Gasteiger partial charge on any atom is 0.228 e. The number of aryl methyl sites for hydroxylation is 1. The molecule has 2 aromatic rings. The van der Waals surface area contributed by atoms with Crippen LogP contribution in [0.4, 0.5) is 0 Å². The lowest BCUT2D eigenvalue weighted by Gasteiger charge is -2.25. The van der Waals surface area contributed by atoms with E-state index in [0.29, 0.717) is 24.9 Å². The van der Waals surface area contributed by atoms with Gasteiger partial charge in [0.1, 0.15) is 0 Å². The van der Waals surface area contributed by atoms with Crippen LogP contribution in [-0.2, 0) is 16.1 Å². The van der Waals surface area contributed by atoms with E-state index in [0.717, 1.165) is 24.9 Å². The normalized spacial score (nSPS) is 18.8. The highest BCUT2D eigenvalue weighted by Gasteiger charge is 2.35. The monoisotopic (exact) mass is 329 g/mol. The number of aromatic nitrogens is 2. The van der Waals surface area contributed by atoms with Crippen LogP contribution in [-0.4, -0.2) is 34.1 Å². The van der Waals surface area contributed by atoms with E-state index in [1.165, 1.54) is 0 Å². The first kappa shape index (κ1) is 16.6. The highest BCUT2D eigenvalue weighted by atomic mass is 16.5. The minimum Gasteiger partial charge on any atom is -0.376 e. The molecule has 1 aromatic carbocycles. The maximum atomic E-state index is 12.7. The van der Waals surface area contributed by atoms with Crippen LogP contribution in [0.1, 0.15) is 43.1 Å². The Morgan fingerprint density at radius 1 is 1.42 bits per heavy atom. The molecule has 2 atom stereocenters. The summed E-state index contributed by atoms with van der Waals surface area (Å²) in [5.41, 5.74) is 1.11. The quantitative estimate of drug-likeness (QED) is 0.815. The smallest absolute Gasteiger partial charge is 0.228 e. The Kier molecular flexibility index (Phi) is 5.25. The molecule has 1 aliphatic heterocycles. The molecule has 0 aliphatic carbocycles. The first-order valence-electron chi connectivity index (χ1n) is 8.37. The van der Waals surface area contributed by atoms with E-state index in [-0.39, 0.29) is 17.9 Å². The van der Waals surface area contributed by atoms with E-state index in [2.05, 4.69) is 10.1 Å². The molecule has 0 bridgehead atoms. The van der Waals surface area contributed by atoms with E-state index in [1.54, 1.807) is 6.92 Å². The topological polar surface area (TPSA) is 68.5 Å². The summed E-state index contributed by atoms with van der Waals surface area (Å²) in [7, 11) is 0. The number of rotatable bonds is 6. The van der Waals surface area contributed by atoms with Crippen LogP contribution in [0.2, 0.25) is 0 Å². The minimum atomic E-state index is -0.192. The fraction of sp³-hybridized carbons (Fsp3) is 0.500. The van der Waals surface area contributed by atoms with Crippen LogP contribution in [0.3, 0.4) is 0 Å². The lowest BCUT2D eigenvalue weighted by Crippen LogP contribution is -2.36. The number of nitrogens with zero attached hydrogens (tertiary/aromatic N) is 3. The van der Waals surface area contributed by atoms with Crippen LogP contribution in [0.15, 0.2) is 34.9 Å². The predicted octanol–water partition coefficient (Wildman–Crippen LogP) is 2.89. The molecule has 0 radical (unpaired) electrons. The van der Waals surface area contributed by atoms with Gasteiger partial charge in [0.15, 0.2) is 5.82 Å². The number of carbonyl (C=O) groups excluding carboxylic acids is 1. The second kappa shape index (κ2) is 7.57. The number of ether oxygens (including phenoxy) is 1. The standard InChI is InChI=1S/C18H23N3O3/c1-13(11-23-12-15-7-4-3-5-8-15)18(22)21-10-6-9-16(21)17-19-14(2)24-20-17/h3-5,7-8,13,16H,6,9-12H2,1-2H3. The Labute approximate surface area is 141 Å². The number of likely N-dealkylation sites (tertiary alicyclic amines) is 1. The molecule has 128 valence electrons. The molecule has 0 N–H and O–H groups in total. The molecule has 1 aliphatic rings. The summed E-state index contributed by atoms with van der Waals surface area (Å²) >= 11 is 0. The van der Waals surface area contributed by atoms with E-state index in [4.69, 9.17) is 9.26 Å². The second-order valence-electron chi connectivity index (χ2n) is 6.26. The van der Waals surface area contributed by atoms with Crippen LogP contribution < -0.4 is 0 Å². The molecule has 1 aromatic heterocycles. The van der Waals surface area contributed by atoms with Gasteiger partial charge in [-0.05, 0) is 18.4 Å². The van der Waals surface area contributed by atoms with Crippen molar-refractivity contribution in [2.75, 3.05) is 13.2 Å². The van der Waals surface area contributed by atoms with Crippen molar-refractivity contribution in [2.45, 2.75) is 39.3 Å². The van der Waals surface area contributed by atoms with E-state index >= 15 is 0 Å². The van der Waals surface area contributed by atoms with Crippen LogP contribution in [0.5, 0.6) is 0 Å². The van der Waals surface area contributed by atoms with Crippen molar-refractivity contribution < 1.29 is 14.1 Å². The number of hydrogen-bond donors (Lipinski definition) is 0. The van der Waals surface area contributed by atoms with Crippen LogP contribution in [0, 0.1) is 12.8 Å². The lowest BCUT2D eigenvalue weighted by molar-refractivity contribution is -0.138. The summed E-state index contributed by atoms with van der Waals surface area (Å²) in [5.74, 6) is 1.04. The number of benzene rings is 1. The van der Waals surface area contributed by atoms with Gasteiger partial charge < -0.3 is 14.2 Å². The van der Waals surface area contributed by atoms with E-state index in [1.807, 2.05) is 42.2 Å². The first-order chi connectivity index (χ1) is 11.6. The zero-order valence-electron chi connectivity index (χ0n) is 14.1. The van der Waals surface area contributed by atoms with Crippen LogP contribution in [0.25, 0.3) is 0 Å². The summed E-state index contributed by atoms with van der Waals surface area (Å²) in [6.45, 7) is 5.33. The summed E-state index contributed by atoms with van der Waals surface area (Å²) in [4.78, 5) is 18.9. The molecule has 0 spiro atoms. The van der Waals surface area contributed by atoms with Gasteiger partial charge in [-0.3, -0.25) is 4.79 Å². The Morgan fingerprint density at radius 2 is 2.21 bits per heavy atom. The molecule has 3 rings (SSSR count). The summed E-state index contributed by atoms with van der Waals surface area (Å²) in [6, 6.07) is 9.89. The third kappa shape index (κ3) is 3.82. The van der Waals surface area contributed by atoms with Crippen molar-refractivity contribution in [3.8, 4) is 0 Å². The lowest BCUT2D eigenvalue weighted by atomic mass is 10.1. The van der Waals surface area contributed by atoms with Crippen LogP contribution >= 0.6 is 0 Å². The SMILES string of the molecule is Cc1nc(C2CCCN2C(=O)C(C)COCc2ccccc2)no1. The number of hydrogen-bond acceptors (Lipinski definition) is 5. The van der Waals surface area contributed by atoms with Crippen molar-refractivity contribution in [3.05, 3.63) is 47.6 Å². The predicted molar refractivity (Wildman–Crippen MR) is 88.0 cm³/mol. The maximum absolute atomic E-state index is 12.7. The van der Waals surface area contributed by atoms with Gasteiger partial charge in [0, 0.05) is 13.5 Å². The molecule has 24 heavy (non-hydrogen) atoms. The Bertz CT molecular complexity index is 671. The highest BCUT2D eigenvalue weighted by Crippen LogP contribution is 2.31. The Morgan fingerprint density at radius 3 is 2.92 bits per heavy atom. The Hall–Kier alpha value is -2.21. The van der Waals surface area contributed by atoms with E-state index < -0.39 is 0 Å². The first-order valence-corrected chi connectivity index (χ1v) is 8.37.